The van der Waals surface area contributed by atoms with E-state index in [9.17, 15) is 0 Å². The molecule has 0 N–H and O–H groups in total. The van der Waals surface area contributed by atoms with Crippen molar-refractivity contribution in [3.63, 3.8) is 0 Å². The van der Waals surface area contributed by atoms with Gasteiger partial charge in [0.05, 0.1) is 0 Å². The molecule has 0 bridgehead atoms. The Labute approximate surface area is 255 Å². The molecule has 0 saturated heterocycles. The second-order valence-corrected chi connectivity index (χ2v) is 12.0. The molecule has 0 radical (unpaired) electrons. The van der Waals surface area contributed by atoms with E-state index in [0.717, 1.165) is 33.4 Å². The fraction of sp³-hybridized carbons (Fsp3) is 0.143. The van der Waals surface area contributed by atoms with E-state index in [1.165, 1.54) is 33.4 Å². The molecule has 1 aliphatic heterocycles. The standard InChI is InChI=1S/C42H36O/c1-29-13-21-33(22-14-29)41(34-23-15-30(2)16-24-34)39-11-7-5-9-37(39)38-10-6-8-12-40(38)42(43-41,35-25-17-31(3)18-26-35)36-27-19-32(4)20-28-36/h5-28H,1-4H3. The molecule has 0 aliphatic carbocycles. The number of hydrogen-bond donors (Lipinski definition) is 0. The van der Waals surface area contributed by atoms with Crippen molar-refractivity contribution < 1.29 is 4.74 Å². The maximum atomic E-state index is 8.14. The van der Waals surface area contributed by atoms with Gasteiger partial charge in [0.1, 0.15) is 11.2 Å². The zero-order valence-corrected chi connectivity index (χ0v) is 25.3. The minimum Gasteiger partial charge on any atom is -0.340 e. The van der Waals surface area contributed by atoms with E-state index in [2.05, 4.69) is 173 Å². The Morgan fingerprint density at radius 1 is 0.326 bits per heavy atom. The van der Waals surface area contributed by atoms with E-state index >= 15 is 0 Å². The van der Waals surface area contributed by atoms with E-state index in [4.69, 9.17) is 4.74 Å². The maximum absolute atomic E-state index is 8.14. The van der Waals surface area contributed by atoms with Crippen molar-refractivity contribution in [1.29, 1.82) is 0 Å². The molecule has 43 heavy (non-hydrogen) atoms. The lowest BCUT2D eigenvalue weighted by atomic mass is 9.76. The van der Waals surface area contributed by atoms with Crippen molar-refractivity contribution >= 4 is 0 Å². The first-order chi connectivity index (χ1) is 20.9. The molecule has 0 unspecified atom stereocenters. The summed E-state index contributed by atoms with van der Waals surface area (Å²) in [5.74, 6) is 0. The Morgan fingerprint density at radius 3 is 0.860 bits per heavy atom. The van der Waals surface area contributed by atoms with Crippen LogP contribution in [-0.2, 0) is 15.9 Å². The third-order valence-corrected chi connectivity index (χ3v) is 9.04. The van der Waals surface area contributed by atoms with Gasteiger partial charge < -0.3 is 4.74 Å². The molecule has 0 amide bonds. The summed E-state index contributed by atoms with van der Waals surface area (Å²) in [6.45, 7) is 8.57. The van der Waals surface area contributed by atoms with E-state index in [-0.39, 0.29) is 0 Å². The summed E-state index contributed by atoms with van der Waals surface area (Å²) in [7, 11) is 0. The monoisotopic (exact) mass is 556 g/mol. The Morgan fingerprint density at radius 2 is 0.581 bits per heavy atom. The number of ether oxygens (including phenoxy) is 1. The fourth-order valence-corrected chi connectivity index (χ4v) is 6.73. The summed E-state index contributed by atoms with van der Waals surface area (Å²) in [5.41, 5.74) is 12.1. The van der Waals surface area contributed by atoms with E-state index in [1.54, 1.807) is 0 Å². The highest BCUT2D eigenvalue weighted by Gasteiger charge is 2.52. The molecule has 1 nitrogen and oxygen atoms in total. The predicted molar refractivity (Wildman–Crippen MR) is 177 cm³/mol. The van der Waals surface area contributed by atoms with Gasteiger partial charge in [-0.1, -0.05) is 168 Å². The molecule has 6 aromatic rings. The van der Waals surface area contributed by atoms with Gasteiger partial charge in [0.2, 0.25) is 0 Å². The number of rotatable bonds is 4. The lowest BCUT2D eigenvalue weighted by Gasteiger charge is -2.45. The van der Waals surface area contributed by atoms with Crippen LogP contribution in [0.5, 0.6) is 0 Å². The molecule has 0 fully saturated rings. The molecule has 0 saturated carbocycles. The van der Waals surface area contributed by atoms with Gasteiger partial charge in [0, 0.05) is 11.1 Å². The van der Waals surface area contributed by atoms with Crippen LogP contribution in [0.2, 0.25) is 0 Å². The second-order valence-electron chi connectivity index (χ2n) is 12.0. The maximum Gasteiger partial charge on any atom is 0.146 e. The second kappa shape index (κ2) is 10.5. The van der Waals surface area contributed by atoms with Crippen LogP contribution in [0, 0.1) is 27.7 Å². The first-order valence-corrected chi connectivity index (χ1v) is 15.1. The minimum absolute atomic E-state index is 0.924. The van der Waals surface area contributed by atoms with Crippen molar-refractivity contribution in [3.05, 3.63) is 201 Å². The average molecular weight is 557 g/mol. The summed E-state index contributed by atoms with van der Waals surface area (Å²) in [5, 5.41) is 0. The Bertz CT molecular complexity index is 1660. The predicted octanol–water partition coefficient (Wildman–Crippen LogP) is 10.2. The highest BCUT2D eigenvalue weighted by Crippen LogP contribution is 2.57. The van der Waals surface area contributed by atoms with Crippen molar-refractivity contribution in [3.8, 4) is 11.1 Å². The fourth-order valence-electron chi connectivity index (χ4n) is 6.73. The molecule has 1 heteroatoms. The summed E-state index contributed by atoms with van der Waals surface area (Å²) < 4.78 is 8.14. The largest absolute Gasteiger partial charge is 0.340 e. The van der Waals surface area contributed by atoms with Crippen molar-refractivity contribution in [2.45, 2.75) is 38.9 Å². The molecule has 6 aromatic carbocycles. The van der Waals surface area contributed by atoms with Gasteiger partial charge in [-0.15, -0.1) is 0 Å². The van der Waals surface area contributed by atoms with Gasteiger partial charge >= 0.3 is 0 Å². The summed E-state index contributed by atoms with van der Waals surface area (Å²) >= 11 is 0. The van der Waals surface area contributed by atoms with Crippen LogP contribution >= 0.6 is 0 Å². The van der Waals surface area contributed by atoms with Gasteiger partial charge in [0.25, 0.3) is 0 Å². The molecule has 0 aromatic heterocycles. The molecule has 0 atom stereocenters. The first kappa shape index (κ1) is 27.1. The van der Waals surface area contributed by atoms with Crippen LogP contribution in [-0.4, -0.2) is 0 Å². The van der Waals surface area contributed by atoms with Crippen LogP contribution < -0.4 is 0 Å². The van der Waals surface area contributed by atoms with Gasteiger partial charge in [-0.2, -0.15) is 0 Å². The minimum atomic E-state index is -0.924. The van der Waals surface area contributed by atoms with Crippen LogP contribution in [0.25, 0.3) is 11.1 Å². The molecule has 0 spiro atoms. The SMILES string of the molecule is Cc1ccc(C2(c3ccc(C)cc3)OC(c3ccc(C)cc3)(c3ccc(C)cc3)c3ccccc3-c3ccccc32)cc1. The van der Waals surface area contributed by atoms with Crippen molar-refractivity contribution in [2.24, 2.45) is 0 Å². The zero-order chi connectivity index (χ0) is 29.6. The number of hydrogen-bond acceptors (Lipinski definition) is 1. The van der Waals surface area contributed by atoms with Crippen LogP contribution in [0.1, 0.15) is 55.6 Å². The van der Waals surface area contributed by atoms with Gasteiger partial charge in [-0.05, 0) is 61.1 Å². The molecule has 7 rings (SSSR count). The van der Waals surface area contributed by atoms with Crippen LogP contribution in [0.4, 0.5) is 0 Å². The third kappa shape index (κ3) is 4.35. The third-order valence-electron chi connectivity index (χ3n) is 9.04. The first-order valence-electron chi connectivity index (χ1n) is 15.1. The quantitative estimate of drug-likeness (QED) is 0.210. The zero-order valence-electron chi connectivity index (χ0n) is 25.3. The van der Waals surface area contributed by atoms with E-state index in [0.29, 0.717) is 0 Å². The van der Waals surface area contributed by atoms with Crippen LogP contribution in [0.3, 0.4) is 0 Å². The Hall–Kier alpha value is -4.72. The lowest BCUT2D eigenvalue weighted by molar-refractivity contribution is -0.0787. The summed E-state index contributed by atoms with van der Waals surface area (Å²) in [6.07, 6.45) is 0. The molecular weight excluding hydrogens is 520 g/mol. The number of benzene rings is 6. The molecular formula is C42H36O. The van der Waals surface area contributed by atoms with Gasteiger partial charge in [0.15, 0.2) is 0 Å². The number of fused-ring (bicyclic) bond motifs is 3. The van der Waals surface area contributed by atoms with Crippen molar-refractivity contribution in [1.82, 2.24) is 0 Å². The lowest BCUT2D eigenvalue weighted by Crippen LogP contribution is -2.43. The van der Waals surface area contributed by atoms with E-state index < -0.39 is 11.2 Å². The van der Waals surface area contributed by atoms with Crippen LogP contribution in [0.15, 0.2) is 146 Å². The summed E-state index contributed by atoms with van der Waals surface area (Å²) in [4.78, 5) is 0. The van der Waals surface area contributed by atoms with E-state index in [1.807, 2.05) is 0 Å². The average Bonchev–Trinajstić information content (AvgIpc) is 3.15. The Kier molecular flexibility index (Phi) is 6.64. The molecule has 1 aliphatic rings. The smallest absolute Gasteiger partial charge is 0.146 e. The highest BCUT2D eigenvalue weighted by atomic mass is 16.5. The molecule has 210 valence electrons. The van der Waals surface area contributed by atoms with Gasteiger partial charge in [-0.3, -0.25) is 0 Å². The van der Waals surface area contributed by atoms with Gasteiger partial charge in [-0.25, -0.2) is 0 Å². The molecule has 1 heterocycles. The topological polar surface area (TPSA) is 9.23 Å². The number of aryl methyl sites for hydroxylation is 4. The Balaban J connectivity index is 1.70. The van der Waals surface area contributed by atoms with Crippen molar-refractivity contribution in [2.75, 3.05) is 0 Å². The summed E-state index contributed by atoms with van der Waals surface area (Å²) in [6, 6.07) is 53.2. The normalized spacial score (nSPS) is 14.8. The highest BCUT2D eigenvalue weighted by molar-refractivity contribution is 5.78.